The fourth-order valence-corrected chi connectivity index (χ4v) is 3.84. The Morgan fingerprint density at radius 2 is 1.96 bits per heavy atom. The molecule has 24 heavy (non-hydrogen) atoms. The van der Waals surface area contributed by atoms with E-state index in [1.807, 2.05) is 47.9 Å². The maximum atomic E-state index is 12.4. The fourth-order valence-electron chi connectivity index (χ4n) is 2.83. The van der Waals surface area contributed by atoms with Crippen LogP contribution in [0.3, 0.4) is 0 Å². The second-order valence-corrected chi connectivity index (χ2v) is 7.82. The molecule has 1 aromatic rings. The standard InChI is InChI=1S/C18H25N3O2S/c1-12-11-24-10-9-21(12)18(23)19-13(2)14-5-7-16(8-6-14)20-17(22)15-3-4-15/h5-8,12-13,15H,3-4,9-11H2,1-2H3,(H,19,23)(H,20,22)/t12-,13+/m1/s1. The molecule has 0 unspecified atom stereocenters. The normalized spacial score (nSPS) is 21.9. The van der Waals surface area contributed by atoms with Crippen molar-refractivity contribution in [3.8, 4) is 0 Å². The smallest absolute Gasteiger partial charge is 0.318 e. The average molecular weight is 347 g/mol. The number of rotatable bonds is 4. The van der Waals surface area contributed by atoms with Crippen molar-refractivity contribution >= 4 is 29.4 Å². The van der Waals surface area contributed by atoms with Crippen LogP contribution in [-0.4, -0.2) is 40.9 Å². The molecular weight excluding hydrogens is 322 g/mol. The molecule has 1 saturated carbocycles. The van der Waals surface area contributed by atoms with E-state index >= 15 is 0 Å². The number of nitrogens with one attached hydrogen (secondary N) is 2. The zero-order chi connectivity index (χ0) is 17.1. The predicted octanol–water partition coefficient (Wildman–Crippen LogP) is 3.24. The molecule has 5 nitrogen and oxygen atoms in total. The molecule has 6 heteroatoms. The number of carbonyl (C=O) groups is 2. The van der Waals surface area contributed by atoms with E-state index in [1.165, 1.54) is 0 Å². The molecular formula is C18H25N3O2S. The summed E-state index contributed by atoms with van der Waals surface area (Å²) in [6.45, 7) is 4.88. The molecule has 3 rings (SSSR count). The van der Waals surface area contributed by atoms with Crippen molar-refractivity contribution in [1.82, 2.24) is 10.2 Å². The summed E-state index contributed by atoms with van der Waals surface area (Å²) in [6.07, 6.45) is 2.00. The number of anilines is 1. The summed E-state index contributed by atoms with van der Waals surface area (Å²) in [5, 5.41) is 6.01. The van der Waals surface area contributed by atoms with Crippen LogP contribution in [0.4, 0.5) is 10.5 Å². The summed E-state index contributed by atoms with van der Waals surface area (Å²) in [6, 6.07) is 7.94. The van der Waals surface area contributed by atoms with E-state index in [0.717, 1.165) is 42.1 Å². The molecule has 1 saturated heterocycles. The third-order valence-electron chi connectivity index (χ3n) is 4.59. The molecule has 2 aliphatic rings. The van der Waals surface area contributed by atoms with Crippen LogP contribution in [0.25, 0.3) is 0 Å². The number of thioether (sulfide) groups is 1. The van der Waals surface area contributed by atoms with Crippen molar-refractivity contribution in [2.45, 2.75) is 38.8 Å². The summed E-state index contributed by atoms with van der Waals surface area (Å²) in [5.41, 5.74) is 1.85. The Hall–Kier alpha value is -1.69. The van der Waals surface area contributed by atoms with Gasteiger partial charge in [-0.3, -0.25) is 4.79 Å². The van der Waals surface area contributed by atoms with Gasteiger partial charge in [-0.05, 0) is 44.4 Å². The Kier molecular flexibility index (Phi) is 5.33. The second kappa shape index (κ2) is 7.47. The molecule has 1 aliphatic heterocycles. The van der Waals surface area contributed by atoms with E-state index in [1.54, 1.807) is 0 Å². The Balaban J connectivity index is 1.55. The first-order valence-corrected chi connectivity index (χ1v) is 9.76. The first-order valence-electron chi connectivity index (χ1n) is 8.60. The van der Waals surface area contributed by atoms with E-state index in [2.05, 4.69) is 17.6 Å². The third kappa shape index (κ3) is 4.23. The number of benzene rings is 1. The molecule has 3 amide bonds. The molecule has 2 fully saturated rings. The number of amides is 3. The zero-order valence-electron chi connectivity index (χ0n) is 14.2. The fraction of sp³-hybridized carbons (Fsp3) is 0.556. The van der Waals surface area contributed by atoms with Crippen LogP contribution in [0, 0.1) is 5.92 Å². The van der Waals surface area contributed by atoms with Gasteiger partial charge in [0.1, 0.15) is 0 Å². The highest BCUT2D eigenvalue weighted by Crippen LogP contribution is 2.30. The Morgan fingerprint density at radius 3 is 2.58 bits per heavy atom. The predicted molar refractivity (Wildman–Crippen MR) is 98.2 cm³/mol. The number of hydrogen-bond donors (Lipinski definition) is 2. The average Bonchev–Trinajstić information content (AvgIpc) is 3.40. The first-order chi connectivity index (χ1) is 11.5. The first kappa shape index (κ1) is 17.1. The van der Waals surface area contributed by atoms with E-state index in [-0.39, 0.29) is 29.9 Å². The minimum absolute atomic E-state index is 0.00131. The van der Waals surface area contributed by atoms with Crippen molar-refractivity contribution in [3.63, 3.8) is 0 Å². The Labute approximate surface area is 147 Å². The van der Waals surface area contributed by atoms with Gasteiger partial charge < -0.3 is 15.5 Å². The van der Waals surface area contributed by atoms with Gasteiger partial charge in [-0.15, -0.1) is 0 Å². The Bertz CT molecular complexity index is 601. The maximum absolute atomic E-state index is 12.4. The van der Waals surface area contributed by atoms with Crippen molar-refractivity contribution in [1.29, 1.82) is 0 Å². The number of nitrogens with zero attached hydrogens (tertiary/aromatic N) is 1. The summed E-state index contributed by atoms with van der Waals surface area (Å²) in [7, 11) is 0. The largest absolute Gasteiger partial charge is 0.331 e. The quantitative estimate of drug-likeness (QED) is 0.879. The monoisotopic (exact) mass is 347 g/mol. The molecule has 0 aromatic heterocycles. The molecule has 2 N–H and O–H groups in total. The lowest BCUT2D eigenvalue weighted by Crippen LogP contribution is -2.49. The summed E-state index contributed by atoms with van der Waals surface area (Å²) in [5.74, 6) is 2.31. The van der Waals surface area contributed by atoms with E-state index in [9.17, 15) is 9.59 Å². The highest BCUT2D eigenvalue weighted by atomic mass is 32.2. The van der Waals surface area contributed by atoms with Crippen molar-refractivity contribution in [2.24, 2.45) is 5.92 Å². The molecule has 1 aromatic carbocycles. The maximum Gasteiger partial charge on any atom is 0.318 e. The lowest BCUT2D eigenvalue weighted by Gasteiger charge is -2.34. The van der Waals surface area contributed by atoms with Gasteiger partial charge in [0.15, 0.2) is 0 Å². The van der Waals surface area contributed by atoms with Gasteiger partial charge in [0.25, 0.3) is 0 Å². The second-order valence-electron chi connectivity index (χ2n) is 6.67. The number of urea groups is 1. The van der Waals surface area contributed by atoms with Crippen molar-refractivity contribution in [3.05, 3.63) is 29.8 Å². The van der Waals surface area contributed by atoms with Gasteiger partial charge in [0.2, 0.25) is 5.91 Å². The third-order valence-corrected chi connectivity index (χ3v) is 5.78. The lowest BCUT2D eigenvalue weighted by molar-refractivity contribution is -0.117. The number of hydrogen-bond acceptors (Lipinski definition) is 3. The van der Waals surface area contributed by atoms with E-state index < -0.39 is 0 Å². The lowest BCUT2D eigenvalue weighted by atomic mass is 10.1. The summed E-state index contributed by atoms with van der Waals surface area (Å²) < 4.78 is 0. The van der Waals surface area contributed by atoms with Crippen LogP contribution in [0.5, 0.6) is 0 Å². The van der Waals surface area contributed by atoms with Crippen molar-refractivity contribution in [2.75, 3.05) is 23.4 Å². The van der Waals surface area contributed by atoms with E-state index in [4.69, 9.17) is 0 Å². The highest BCUT2D eigenvalue weighted by molar-refractivity contribution is 7.99. The minimum Gasteiger partial charge on any atom is -0.331 e. The molecule has 1 aliphatic carbocycles. The molecule has 130 valence electrons. The van der Waals surface area contributed by atoms with Crippen LogP contribution in [0.2, 0.25) is 0 Å². The van der Waals surface area contributed by atoms with Gasteiger partial charge in [0.05, 0.1) is 6.04 Å². The molecule has 1 heterocycles. The molecule has 0 spiro atoms. The Morgan fingerprint density at radius 1 is 1.25 bits per heavy atom. The highest BCUT2D eigenvalue weighted by Gasteiger charge is 2.29. The van der Waals surface area contributed by atoms with Gasteiger partial charge >= 0.3 is 6.03 Å². The van der Waals surface area contributed by atoms with E-state index in [0.29, 0.717) is 0 Å². The molecule has 0 bridgehead atoms. The van der Waals surface area contributed by atoms with Gasteiger partial charge in [0, 0.05) is 35.7 Å². The van der Waals surface area contributed by atoms with Crippen LogP contribution >= 0.6 is 11.8 Å². The minimum atomic E-state index is -0.0625. The van der Waals surface area contributed by atoms with Gasteiger partial charge in [-0.1, -0.05) is 12.1 Å². The van der Waals surface area contributed by atoms with Crippen LogP contribution in [0.15, 0.2) is 24.3 Å². The van der Waals surface area contributed by atoms with Gasteiger partial charge in [-0.25, -0.2) is 4.79 Å². The SMILES string of the molecule is C[C@H](NC(=O)N1CCSC[C@H]1C)c1ccc(NC(=O)C2CC2)cc1. The summed E-state index contributed by atoms with van der Waals surface area (Å²) >= 11 is 1.90. The van der Waals surface area contributed by atoms with Gasteiger partial charge in [-0.2, -0.15) is 11.8 Å². The number of carbonyl (C=O) groups excluding carboxylic acids is 2. The van der Waals surface area contributed by atoms with Crippen LogP contribution < -0.4 is 10.6 Å². The van der Waals surface area contributed by atoms with Crippen LogP contribution in [0.1, 0.15) is 38.3 Å². The van der Waals surface area contributed by atoms with Crippen molar-refractivity contribution < 1.29 is 9.59 Å². The van der Waals surface area contributed by atoms with Crippen LogP contribution in [-0.2, 0) is 4.79 Å². The molecule has 2 atom stereocenters. The molecule has 0 radical (unpaired) electrons. The topological polar surface area (TPSA) is 61.4 Å². The summed E-state index contributed by atoms with van der Waals surface area (Å²) in [4.78, 5) is 26.1. The zero-order valence-corrected chi connectivity index (χ0v) is 15.1.